The van der Waals surface area contributed by atoms with Gasteiger partial charge in [-0.05, 0) is 35.9 Å². The summed E-state index contributed by atoms with van der Waals surface area (Å²) in [5.74, 6) is 0.352. The number of carbonyl (C=O) groups excluding carboxylic acids is 1. The molecule has 0 radical (unpaired) electrons. The molecule has 4 aromatic rings. The zero-order valence-corrected chi connectivity index (χ0v) is 18.1. The number of H-pyrrole nitrogens is 1. The first-order chi connectivity index (χ1) is 14.6. The van der Waals surface area contributed by atoms with Crippen molar-refractivity contribution in [2.24, 2.45) is 0 Å². The third-order valence-corrected chi connectivity index (χ3v) is 6.32. The van der Waals surface area contributed by atoms with E-state index in [0.29, 0.717) is 28.0 Å². The summed E-state index contributed by atoms with van der Waals surface area (Å²) < 4.78 is 0. The topological polar surface area (TPSA) is 36.1 Å². The van der Waals surface area contributed by atoms with Crippen molar-refractivity contribution in [1.29, 1.82) is 0 Å². The van der Waals surface area contributed by atoms with Gasteiger partial charge in [0.05, 0.1) is 16.8 Å². The van der Waals surface area contributed by atoms with E-state index in [-0.39, 0.29) is 11.9 Å². The number of nitrogens with zero attached hydrogens (tertiary/aromatic N) is 1. The van der Waals surface area contributed by atoms with Gasteiger partial charge in [0.1, 0.15) is 0 Å². The van der Waals surface area contributed by atoms with Crippen molar-refractivity contribution in [3.05, 3.63) is 93.5 Å². The number of alkyl halides is 1. The number of aromatic amines is 1. The summed E-state index contributed by atoms with van der Waals surface area (Å²) >= 11 is 18.8. The number of aromatic nitrogens is 1. The summed E-state index contributed by atoms with van der Waals surface area (Å²) in [4.78, 5) is 18.6. The monoisotopic (exact) mass is 454 g/mol. The van der Waals surface area contributed by atoms with Gasteiger partial charge < -0.3 is 9.88 Å². The highest BCUT2D eigenvalue weighted by atomic mass is 35.5. The Morgan fingerprint density at radius 2 is 1.70 bits per heavy atom. The minimum atomic E-state index is -0.259. The number of hydrogen-bond acceptors (Lipinski definition) is 1. The third-order valence-electron chi connectivity index (χ3n) is 5.60. The summed E-state index contributed by atoms with van der Waals surface area (Å²) in [6.45, 7) is 0.451. The molecule has 0 saturated carbocycles. The molecule has 0 unspecified atom stereocenters. The van der Waals surface area contributed by atoms with Crippen LogP contribution in [0.3, 0.4) is 0 Å². The van der Waals surface area contributed by atoms with Crippen LogP contribution in [-0.4, -0.2) is 28.2 Å². The van der Waals surface area contributed by atoms with Gasteiger partial charge in [0.15, 0.2) is 0 Å². The second-order valence-electron chi connectivity index (χ2n) is 7.26. The molecule has 3 nitrogen and oxygen atoms in total. The molecule has 0 saturated heterocycles. The second kappa shape index (κ2) is 7.66. The van der Waals surface area contributed by atoms with E-state index in [2.05, 4.69) is 11.1 Å². The molecule has 30 heavy (non-hydrogen) atoms. The predicted molar refractivity (Wildman–Crippen MR) is 124 cm³/mol. The van der Waals surface area contributed by atoms with Crippen LogP contribution in [0.25, 0.3) is 22.2 Å². The van der Waals surface area contributed by atoms with E-state index in [1.54, 1.807) is 6.07 Å². The second-order valence-corrected chi connectivity index (χ2v) is 8.48. The summed E-state index contributed by atoms with van der Waals surface area (Å²) in [7, 11) is 0. The van der Waals surface area contributed by atoms with Crippen LogP contribution in [0.4, 0.5) is 0 Å². The van der Waals surface area contributed by atoms with Crippen LogP contribution in [0.1, 0.15) is 27.5 Å². The fraction of sp³-hybridized carbons (Fsp3) is 0.125. The summed E-state index contributed by atoms with van der Waals surface area (Å²) in [6.07, 6.45) is 0. The molecule has 2 heterocycles. The number of rotatable bonds is 4. The van der Waals surface area contributed by atoms with Crippen LogP contribution in [0.2, 0.25) is 10.0 Å². The maximum atomic E-state index is 13.2. The smallest absolute Gasteiger partial charge is 0.255 e. The Morgan fingerprint density at radius 3 is 2.50 bits per heavy atom. The first kappa shape index (κ1) is 19.5. The molecular weight excluding hydrogens is 439 g/mol. The van der Waals surface area contributed by atoms with E-state index in [4.69, 9.17) is 34.8 Å². The van der Waals surface area contributed by atoms with Crippen molar-refractivity contribution in [3.63, 3.8) is 0 Å². The van der Waals surface area contributed by atoms with E-state index in [1.165, 1.54) is 0 Å². The molecule has 150 valence electrons. The first-order valence-electron chi connectivity index (χ1n) is 9.62. The number of benzene rings is 3. The fourth-order valence-electron chi connectivity index (χ4n) is 4.36. The van der Waals surface area contributed by atoms with Gasteiger partial charge in [0.2, 0.25) is 0 Å². The molecule has 1 aromatic heterocycles. The van der Waals surface area contributed by atoms with Gasteiger partial charge in [-0.1, -0.05) is 59.6 Å². The SMILES string of the molecule is O=C1c2ccccc2[C@@H](c2c(-c3ccc(Cl)cc3Cl)[nH]c3ccccc23)N1CCCl. The highest BCUT2D eigenvalue weighted by molar-refractivity contribution is 6.36. The largest absolute Gasteiger partial charge is 0.354 e. The number of amides is 1. The van der Waals surface area contributed by atoms with Crippen molar-refractivity contribution < 1.29 is 4.79 Å². The van der Waals surface area contributed by atoms with Gasteiger partial charge in [-0.25, -0.2) is 0 Å². The van der Waals surface area contributed by atoms with Crippen molar-refractivity contribution in [1.82, 2.24) is 9.88 Å². The highest BCUT2D eigenvalue weighted by Crippen LogP contribution is 2.46. The van der Waals surface area contributed by atoms with Gasteiger partial charge in [-0.2, -0.15) is 0 Å². The molecule has 0 aliphatic carbocycles. The lowest BCUT2D eigenvalue weighted by Gasteiger charge is -2.26. The summed E-state index contributed by atoms with van der Waals surface area (Å²) in [5, 5.41) is 2.18. The zero-order chi connectivity index (χ0) is 20.8. The van der Waals surface area contributed by atoms with Crippen molar-refractivity contribution in [2.75, 3.05) is 12.4 Å². The maximum absolute atomic E-state index is 13.2. The van der Waals surface area contributed by atoms with Crippen molar-refractivity contribution in [3.8, 4) is 11.3 Å². The first-order valence-corrected chi connectivity index (χ1v) is 10.9. The molecule has 1 amide bonds. The minimum Gasteiger partial charge on any atom is -0.354 e. The average Bonchev–Trinajstić information content (AvgIpc) is 3.24. The third kappa shape index (κ3) is 3.01. The molecule has 6 heteroatoms. The van der Waals surface area contributed by atoms with Gasteiger partial charge in [0, 0.05) is 45.0 Å². The Morgan fingerprint density at radius 1 is 0.933 bits per heavy atom. The lowest BCUT2D eigenvalue weighted by atomic mass is 9.93. The van der Waals surface area contributed by atoms with Gasteiger partial charge in [-0.3, -0.25) is 4.79 Å². The van der Waals surface area contributed by atoms with E-state index >= 15 is 0 Å². The maximum Gasteiger partial charge on any atom is 0.255 e. The fourth-order valence-corrected chi connectivity index (χ4v) is 5.04. The predicted octanol–water partition coefficient (Wildman–Crippen LogP) is 6.93. The van der Waals surface area contributed by atoms with Crippen molar-refractivity contribution >= 4 is 51.6 Å². The van der Waals surface area contributed by atoms with Gasteiger partial charge in [-0.15, -0.1) is 11.6 Å². The lowest BCUT2D eigenvalue weighted by Crippen LogP contribution is -2.30. The molecule has 0 bridgehead atoms. The quantitative estimate of drug-likeness (QED) is 0.333. The number of nitrogens with one attached hydrogen (secondary N) is 1. The zero-order valence-electron chi connectivity index (χ0n) is 15.8. The van der Waals surface area contributed by atoms with Gasteiger partial charge >= 0.3 is 0 Å². The molecule has 3 aromatic carbocycles. The van der Waals surface area contributed by atoms with E-state index in [9.17, 15) is 4.79 Å². The Labute approximate surface area is 189 Å². The van der Waals surface area contributed by atoms with E-state index in [1.807, 2.05) is 59.5 Å². The Hall–Kier alpha value is -2.46. The van der Waals surface area contributed by atoms with Crippen LogP contribution < -0.4 is 0 Å². The van der Waals surface area contributed by atoms with Crippen LogP contribution >= 0.6 is 34.8 Å². The number of halogens is 3. The van der Waals surface area contributed by atoms with E-state index < -0.39 is 0 Å². The highest BCUT2D eigenvalue weighted by Gasteiger charge is 2.39. The van der Waals surface area contributed by atoms with Crippen LogP contribution in [-0.2, 0) is 0 Å². The minimum absolute atomic E-state index is 0.00492. The molecule has 1 aliphatic rings. The number of hydrogen-bond donors (Lipinski definition) is 1. The van der Waals surface area contributed by atoms with Crippen LogP contribution in [0.15, 0.2) is 66.7 Å². The molecule has 1 atom stereocenters. The van der Waals surface area contributed by atoms with Crippen LogP contribution in [0.5, 0.6) is 0 Å². The van der Waals surface area contributed by atoms with E-state index in [0.717, 1.165) is 33.3 Å². The number of para-hydroxylation sites is 1. The Kier molecular flexibility index (Phi) is 4.98. The molecule has 1 aliphatic heterocycles. The van der Waals surface area contributed by atoms with Gasteiger partial charge in [0.25, 0.3) is 5.91 Å². The molecular formula is C24H17Cl3N2O. The number of carbonyl (C=O) groups is 1. The standard InChI is InChI=1S/C24H17Cl3N2O/c25-11-12-29-23(15-5-1-2-6-16(15)24(29)30)21-18-7-3-4-8-20(18)28-22(21)17-10-9-14(26)13-19(17)27/h1-10,13,23,28H,11-12H2/t23-/m0/s1. The Bertz CT molecular complexity index is 1280. The molecule has 0 spiro atoms. The summed E-state index contributed by atoms with van der Waals surface area (Å²) in [5.41, 5.74) is 5.41. The molecule has 5 rings (SSSR count). The number of fused-ring (bicyclic) bond motifs is 2. The van der Waals surface area contributed by atoms with Crippen molar-refractivity contribution in [2.45, 2.75) is 6.04 Å². The lowest BCUT2D eigenvalue weighted by molar-refractivity contribution is 0.0762. The average molecular weight is 456 g/mol. The summed E-state index contributed by atoms with van der Waals surface area (Å²) in [6, 6.07) is 21.0. The van der Waals surface area contributed by atoms with Crippen LogP contribution in [0, 0.1) is 0 Å². The Balaban J connectivity index is 1.83. The molecule has 0 fully saturated rings. The molecule has 1 N–H and O–H groups in total. The normalized spacial score (nSPS) is 15.8.